The average molecular weight is 333 g/mol. The van der Waals surface area contributed by atoms with Gasteiger partial charge < -0.3 is 15.2 Å². The zero-order valence-corrected chi connectivity index (χ0v) is 14.4. The molecule has 1 aliphatic carbocycles. The average Bonchev–Trinajstić information content (AvgIpc) is 2.43. The highest BCUT2D eigenvalue weighted by molar-refractivity contribution is 5.68. The number of aliphatic hydroxyl groups is 1. The van der Waals surface area contributed by atoms with Crippen molar-refractivity contribution < 1.29 is 19.0 Å². The lowest BCUT2D eigenvalue weighted by Gasteiger charge is -2.33. The summed E-state index contributed by atoms with van der Waals surface area (Å²) in [4.78, 5) is 11.9. The summed E-state index contributed by atoms with van der Waals surface area (Å²) in [6, 6.07) is 5.76. The van der Waals surface area contributed by atoms with Gasteiger partial charge in [-0.05, 0) is 58.2 Å². The van der Waals surface area contributed by atoms with E-state index in [0.717, 1.165) is 12.8 Å². The second-order valence-corrected chi connectivity index (χ2v) is 7.23. The molecule has 0 radical (unpaired) electrons. The largest absolute Gasteiger partial charge is 0.444 e. The molecule has 0 aliphatic heterocycles. The normalized spacial score (nSPS) is 23.8. The molecule has 24 heavy (non-hydrogen) atoms. The SMILES string of the molecule is CC(C)(C)OC(=O)NC1CCCC(O)(C#Cc2cccc(F)c2)C1. The highest BCUT2D eigenvalue weighted by atomic mass is 19.1. The third-order valence-corrected chi connectivity index (χ3v) is 3.71. The first-order valence-electron chi connectivity index (χ1n) is 8.16. The van der Waals surface area contributed by atoms with Gasteiger partial charge in [-0.2, -0.15) is 0 Å². The summed E-state index contributed by atoms with van der Waals surface area (Å²) in [5, 5.41) is 13.4. The second kappa shape index (κ2) is 7.23. The molecule has 1 amide bonds. The Labute approximate surface area is 142 Å². The fourth-order valence-corrected chi connectivity index (χ4v) is 2.72. The molecule has 0 spiro atoms. The van der Waals surface area contributed by atoms with Crippen molar-refractivity contribution in [3.63, 3.8) is 0 Å². The Hall–Kier alpha value is -2.06. The Morgan fingerprint density at radius 2 is 2.21 bits per heavy atom. The maximum atomic E-state index is 13.2. The lowest BCUT2D eigenvalue weighted by atomic mass is 9.82. The molecule has 4 nitrogen and oxygen atoms in total. The van der Waals surface area contributed by atoms with E-state index in [1.165, 1.54) is 12.1 Å². The van der Waals surface area contributed by atoms with E-state index in [4.69, 9.17) is 4.74 Å². The molecular formula is C19H24FNO3. The van der Waals surface area contributed by atoms with Crippen molar-refractivity contribution in [2.24, 2.45) is 0 Å². The summed E-state index contributed by atoms with van der Waals surface area (Å²) in [5.74, 6) is 5.30. The molecule has 0 heterocycles. The summed E-state index contributed by atoms with van der Waals surface area (Å²) >= 11 is 0. The lowest BCUT2D eigenvalue weighted by molar-refractivity contribution is 0.0307. The summed E-state index contributed by atoms with van der Waals surface area (Å²) < 4.78 is 18.4. The van der Waals surface area contributed by atoms with E-state index in [0.29, 0.717) is 18.4 Å². The minimum absolute atomic E-state index is 0.194. The van der Waals surface area contributed by atoms with Gasteiger partial charge >= 0.3 is 6.09 Å². The highest BCUT2D eigenvalue weighted by Crippen LogP contribution is 2.28. The van der Waals surface area contributed by atoms with Crippen molar-refractivity contribution in [2.75, 3.05) is 0 Å². The van der Waals surface area contributed by atoms with Crippen molar-refractivity contribution >= 4 is 6.09 Å². The van der Waals surface area contributed by atoms with Crippen LogP contribution < -0.4 is 5.32 Å². The number of carbonyl (C=O) groups is 1. The van der Waals surface area contributed by atoms with Gasteiger partial charge in [0.05, 0.1) is 0 Å². The van der Waals surface area contributed by atoms with Crippen molar-refractivity contribution in [2.45, 2.75) is 63.7 Å². The lowest BCUT2D eigenvalue weighted by Crippen LogP contribution is -2.46. The monoisotopic (exact) mass is 333 g/mol. The van der Waals surface area contributed by atoms with Crippen LogP contribution in [0.2, 0.25) is 0 Å². The van der Waals surface area contributed by atoms with Gasteiger partial charge in [-0.15, -0.1) is 0 Å². The Morgan fingerprint density at radius 1 is 1.46 bits per heavy atom. The van der Waals surface area contributed by atoms with E-state index in [1.54, 1.807) is 32.9 Å². The van der Waals surface area contributed by atoms with E-state index in [9.17, 15) is 14.3 Å². The Morgan fingerprint density at radius 3 is 2.88 bits per heavy atom. The topological polar surface area (TPSA) is 58.6 Å². The smallest absolute Gasteiger partial charge is 0.407 e. The van der Waals surface area contributed by atoms with Crippen LogP contribution in [0.1, 0.15) is 52.0 Å². The molecule has 5 heteroatoms. The molecule has 0 aromatic heterocycles. The molecule has 130 valence electrons. The fourth-order valence-electron chi connectivity index (χ4n) is 2.72. The van der Waals surface area contributed by atoms with Gasteiger partial charge in [0.1, 0.15) is 17.0 Å². The zero-order chi connectivity index (χ0) is 17.8. The quantitative estimate of drug-likeness (QED) is 0.775. The number of carbonyl (C=O) groups excluding carboxylic acids is 1. The number of amides is 1. The Balaban J connectivity index is 2.00. The van der Waals surface area contributed by atoms with Crippen LogP contribution >= 0.6 is 0 Å². The van der Waals surface area contributed by atoms with Gasteiger partial charge in [-0.1, -0.05) is 17.9 Å². The van der Waals surface area contributed by atoms with E-state index in [-0.39, 0.29) is 11.9 Å². The zero-order valence-electron chi connectivity index (χ0n) is 14.4. The molecule has 0 saturated heterocycles. The number of benzene rings is 1. The van der Waals surface area contributed by atoms with Gasteiger partial charge in [0.2, 0.25) is 0 Å². The van der Waals surface area contributed by atoms with Crippen molar-refractivity contribution in [1.29, 1.82) is 0 Å². The van der Waals surface area contributed by atoms with E-state index >= 15 is 0 Å². The number of nitrogens with one attached hydrogen (secondary N) is 1. The first kappa shape index (κ1) is 18.3. The highest BCUT2D eigenvalue weighted by Gasteiger charge is 2.34. The summed E-state index contributed by atoms with van der Waals surface area (Å²) in [6.45, 7) is 5.40. The van der Waals surface area contributed by atoms with Gasteiger partial charge in [0, 0.05) is 18.0 Å². The van der Waals surface area contributed by atoms with Crippen LogP contribution in [0.25, 0.3) is 0 Å². The summed E-state index contributed by atoms with van der Waals surface area (Å²) in [7, 11) is 0. The predicted octanol–water partition coefficient (Wildman–Crippen LogP) is 3.38. The van der Waals surface area contributed by atoms with E-state index in [1.807, 2.05) is 0 Å². The molecule has 2 N–H and O–H groups in total. The molecular weight excluding hydrogens is 309 g/mol. The molecule has 1 aromatic rings. The molecule has 1 aliphatic rings. The van der Waals surface area contributed by atoms with Crippen molar-refractivity contribution in [3.05, 3.63) is 35.6 Å². The maximum Gasteiger partial charge on any atom is 0.407 e. The number of alkyl carbamates (subject to hydrolysis) is 1. The van der Waals surface area contributed by atoms with Gasteiger partial charge in [-0.3, -0.25) is 0 Å². The number of hydrogen-bond acceptors (Lipinski definition) is 3. The summed E-state index contributed by atoms with van der Waals surface area (Å²) in [6.07, 6.45) is 1.88. The van der Waals surface area contributed by atoms with Crippen LogP contribution in [-0.2, 0) is 4.74 Å². The Bertz CT molecular complexity index is 657. The van der Waals surface area contributed by atoms with Gasteiger partial charge in [0.15, 0.2) is 0 Å². The molecule has 2 atom stereocenters. The number of rotatable bonds is 1. The Kier molecular flexibility index (Phi) is 5.51. The van der Waals surface area contributed by atoms with Gasteiger partial charge in [0.25, 0.3) is 0 Å². The van der Waals surface area contributed by atoms with Crippen molar-refractivity contribution in [3.8, 4) is 11.8 Å². The second-order valence-electron chi connectivity index (χ2n) is 7.23. The summed E-state index contributed by atoms with van der Waals surface area (Å²) in [5.41, 5.74) is -1.23. The number of ether oxygens (including phenoxy) is 1. The molecule has 1 fully saturated rings. The molecule has 2 rings (SSSR count). The molecule has 1 aromatic carbocycles. The van der Waals surface area contributed by atoms with Crippen LogP contribution in [0.4, 0.5) is 9.18 Å². The number of halogens is 1. The maximum absolute atomic E-state index is 13.2. The molecule has 2 unspecified atom stereocenters. The van der Waals surface area contributed by atoms with Crippen LogP contribution in [0.5, 0.6) is 0 Å². The van der Waals surface area contributed by atoms with Gasteiger partial charge in [-0.25, -0.2) is 9.18 Å². The predicted molar refractivity (Wildman–Crippen MR) is 89.9 cm³/mol. The standard InChI is InChI=1S/C19H24FNO3/c1-18(2,3)24-17(22)21-16-8-5-10-19(23,13-16)11-9-14-6-4-7-15(20)12-14/h4,6-7,12,16,23H,5,8,10,13H2,1-3H3,(H,21,22). The third kappa shape index (κ3) is 5.86. The van der Waals surface area contributed by atoms with Crippen LogP contribution in [0.3, 0.4) is 0 Å². The number of hydrogen-bond donors (Lipinski definition) is 2. The van der Waals surface area contributed by atoms with E-state index in [2.05, 4.69) is 17.2 Å². The minimum Gasteiger partial charge on any atom is -0.444 e. The molecule has 0 bridgehead atoms. The van der Waals surface area contributed by atoms with Crippen LogP contribution in [0.15, 0.2) is 24.3 Å². The first-order chi connectivity index (χ1) is 11.2. The molecule has 1 saturated carbocycles. The van der Waals surface area contributed by atoms with Crippen LogP contribution in [0, 0.1) is 17.7 Å². The minimum atomic E-state index is -1.19. The first-order valence-corrected chi connectivity index (χ1v) is 8.16. The van der Waals surface area contributed by atoms with Crippen LogP contribution in [-0.4, -0.2) is 28.4 Å². The van der Waals surface area contributed by atoms with Crippen molar-refractivity contribution in [1.82, 2.24) is 5.32 Å². The third-order valence-electron chi connectivity index (χ3n) is 3.71. The fraction of sp³-hybridized carbons (Fsp3) is 0.526. The van der Waals surface area contributed by atoms with E-state index < -0.39 is 17.3 Å².